The van der Waals surface area contributed by atoms with Gasteiger partial charge < -0.3 is 15.3 Å². The minimum atomic E-state index is -0.264. The van der Waals surface area contributed by atoms with Gasteiger partial charge in [0, 0.05) is 32.4 Å². The van der Waals surface area contributed by atoms with E-state index in [4.69, 9.17) is 0 Å². The Bertz CT molecular complexity index is 672. The molecule has 1 aliphatic heterocycles. The van der Waals surface area contributed by atoms with Crippen molar-refractivity contribution in [2.75, 3.05) is 29.9 Å². The quantitative estimate of drug-likeness (QED) is 0.767. The van der Waals surface area contributed by atoms with Gasteiger partial charge >= 0.3 is 0 Å². The highest BCUT2D eigenvalue weighted by Crippen LogP contribution is 2.18. The highest BCUT2D eigenvalue weighted by atomic mass is 16.3. The fraction of sp³-hybridized carbons (Fsp3) is 0.625. The number of aromatic nitrogens is 5. The van der Waals surface area contributed by atoms with E-state index in [1.807, 2.05) is 24.6 Å². The molecule has 1 aliphatic rings. The van der Waals surface area contributed by atoms with Crippen molar-refractivity contribution in [2.24, 2.45) is 0 Å². The molecule has 0 saturated carbocycles. The van der Waals surface area contributed by atoms with Crippen LogP contribution >= 0.6 is 0 Å². The Morgan fingerprint density at radius 2 is 2.21 bits per heavy atom. The van der Waals surface area contributed by atoms with Crippen LogP contribution in [0.25, 0.3) is 0 Å². The maximum absolute atomic E-state index is 9.80. The predicted molar refractivity (Wildman–Crippen MR) is 92.1 cm³/mol. The molecule has 3 heterocycles. The number of rotatable bonds is 6. The van der Waals surface area contributed by atoms with E-state index in [1.54, 1.807) is 6.20 Å². The average molecular weight is 331 g/mol. The Morgan fingerprint density at radius 1 is 1.33 bits per heavy atom. The number of piperidine rings is 1. The zero-order valence-electron chi connectivity index (χ0n) is 14.3. The Balaban J connectivity index is 1.50. The van der Waals surface area contributed by atoms with Gasteiger partial charge in [-0.25, -0.2) is 9.97 Å². The fourth-order valence-electron chi connectivity index (χ4n) is 2.98. The molecule has 2 aromatic heterocycles. The van der Waals surface area contributed by atoms with Crippen LogP contribution in [-0.4, -0.2) is 55.6 Å². The molecule has 0 aliphatic carbocycles. The van der Waals surface area contributed by atoms with Crippen molar-refractivity contribution in [1.82, 2.24) is 24.7 Å². The SMILES string of the molecule is Cc1nc(C)n(CCCNc2nccc(N3CCCC(O)C3)n2)n1. The Morgan fingerprint density at radius 3 is 2.96 bits per heavy atom. The van der Waals surface area contributed by atoms with Crippen molar-refractivity contribution >= 4 is 11.8 Å². The number of hydrogen-bond acceptors (Lipinski definition) is 7. The first kappa shape index (κ1) is 16.6. The number of nitrogens with zero attached hydrogens (tertiary/aromatic N) is 6. The highest BCUT2D eigenvalue weighted by molar-refractivity contribution is 5.43. The van der Waals surface area contributed by atoms with Crippen LogP contribution in [0.15, 0.2) is 12.3 Å². The van der Waals surface area contributed by atoms with Crippen LogP contribution in [0, 0.1) is 13.8 Å². The molecule has 2 N–H and O–H groups in total. The van der Waals surface area contributed by atoms with Gasteiger partial charge in [-0.2, -0.15) is 10.1 Å². The normalized spacial score (nSPS) is 18.0. The molecule has 24 heavy (non-hydrogen) atoms. The summed E-state index contributed by atoms with van der Waals surface area (Å²) in [5.41, 5.74) is 0. The topological polar surface area (TPSA) is 92.0 Å². The maximum Gasteiger partial charge on any atom is 0.224 e. The van der Waals surface area contributed by atoms with Crippen molar-refractivity contribution in [1.29, 1.82) is 0 Å². The number of nitrogens with one attached hydrogen (secondary N) is 1. The molecule has 1 saturated heterocycles. The van der Waals surface area contributed by atoms with E-state index < -0.39 is 0 Å². The first-order valence-electron chi connectivity index (χ1n) is 8.50. The Hall–Kier alpha value is -2.22. The van der Waals surface area contributed by atoms with Crippen LogP contribution in [0.1, 0.15) is 30.9 Å². The van der Waals surface area contributed by atoms with E-state index in [-0.39, 0.29) is 6.10 Å². The largest absolute Gasteiger partial charge is 0.391 e. The van der Waals surface area contributed by atoms with Crippen molar-refractivity contribution < 1.29 is 5.11 Å². The number of hydrogen-bond donors (Lipinski definition) is 2. The molecule has 3 rings (SSSR count). The fourth-order valence-corrected chi connectivity index (χ4v) is 2.98. The van der Waals surface area contributed by atoms with Gasteiger partial charge in [0.25, 0.3) is 0 Å². The summed E-state index contributed by atoms with van der Waals surface area (Å²) >= 11 is 0. The summed E-state index contributed by atoms with van der Waals surface area (Å²) in [6, 6.07) is 1.89. The molecule has 0 aromatic carbocycles. The van der Waals surface area contributed by atoms with Crippen molar-refractivity contribution in [3.05, 3.63) is 23.9 Å². The first-order valence-corrected chi connectivity index (χ1v) is 8.50. The molecule has 8 heteroatoms. The second-order valence-corrected chi connectivity index (χ2v) is 6.19. The molecule has 8 nitrogen and oxygen atoms in total. The van der Waals surface area contributed by atoms with Crippen LogP contribution in [0.2, 0.25) is 0 Å². The van der Waals surface area contributed by atoms with E-state index in [1.165, 1.54) is 0 Å². The van der Waals surface area contributed by atoms with Gasteiger partial charge in [-0.15, -0.1) is 0 Å². The smallest absolute Gasteiger partial charge is 0.224 e. The van der Waals surface area contributed by atoms with Gasteiger partial charge in [0.05, 0.1) is 6.10 Å². The third-order valence-corrected chi connectivity index (χ3v) is 4.15. The minimum absolute atomic E-state index is 0.264. The van der Waals surface area contributed by atoms with Crippen molar-refractivity contribution in [3.63, 3.8) is 0 Å². The van der Waals surface area contributed by atoms with E-state index in [2.05, 4.69) is 30.3 Å². The zero-order valence-corrected chi connectivity index (χ0v) is 14.3. The Kier molecular flexibility index (Phi) is 5.24. The molecule has 1 atom stereocenters. The lowest BCUT2D eigenvalue weighted by Gasteiger charge is -2.31. The standard InChI is InChI=1S/C16H25N7O/c1-12-19-13(2)23(21-12)10-4-7-17-16-18-8-6-15(20-16)22-9-3-5-14(24)11-22/h6,8,14,24H,3-5,7,9-11H2,1-2H3,(H,17,18,20). The van der Waals surface area contributed by atoms with Gasteiger partial charge in [0.2, 0.25) is 5.95 Å². The molecule has 1 unspecified atom stereocenters. The van der Waals surface area contributed by atoms with Gasteiger partial charge in [-0.05, 0) is 39.2 Å². The summed E-state index contributed by atoms with van der Waals surface area (Å²) < 4.78 is 1.92. The number of aliphatic hydroxyl groups is 1. The number of aliphatic hydroxyl groups excluding tert-OH is 1. The van der Waals surface area contributed by atoms with Gasteiger partial charge in [-0.1, -0.05) is 0 Å². The van der Waals surface area contributed by atoms with E-state index in [9.17, 15) is 5.11 Å². The molecule has 130 valence electrons. The number of β-amino-alcohol motifs (C(OH)–C–C–N with tert-alkyl or cyclic N) is 1. The van der Waals surface area contributed by atoms with Gasteiger partial charge in [-0.3, -0.25) is 4.68 Å². The van der Waals surface area contributed by atoms with E-state index in [0.29, 0.717) is 12.5 Å². The van der Waals surface area contributed by atoms with Gasteiger partial charge in [0.1, 0.15) is 17.5 Å². The average Bonchev–Trinajstić information content (AvgIpc) is 2.89. The van der Waals surface area contributed by atoms with E-state index in [0.717, 1.165) is 56.4 Å². The summed E-state index contributed by atoms with van der Waals surface area (Å²) in [6.45, 7) is 7.02. The molecule has 1 fully saturated rings. The lowest BCUT2D eigenvalue weighted by molar-refractivity contribution is 0.154. The van der Waals surface area contributed by atoms with Crippen LogP contribution in [0.5, 0.6) is 0 Å². The molecule has 0 bridgehead atoms. The number of aryl methyl sites for hydroxylation is 3. The molecular weight excluding hydrogens is 306 g/mol. The summed E-state index contributed by atoms with van der Waals surface area (Å²) in [6.07, 6.45) is 4.27. The summed E-state index contributed by atoms with van der Waals surface area (Å²) in [7, 11) is 0. The third-order valence-electron chi connectivity index (χ3n) is 4.15. The second-order valence-electron chi connectivity index (χ2n) is 6.19. The zero-order chi connectivity index (χ0) is 16.9. The van der Waals surface area contributed by atoms with Gasteiger partial charge in [0.15, 0.2) is 0 Å². The van der Waals surface area contributed by atoms with Crippen LogP contribution < -0.4 is 10.2 Å². The molecule has 2 aromatic rings. The molecule has 0 amide bonds. The van der Waals surface area contributed by atoms with Crippen LogP contribution in [0.3, 0.4) is 0 Å². The summed E-state index contributed by atoms with van der Waals surface area (Å²) in [5, 5.41) is 17.4. The molecule has 0 spiro atoms. The van der Waals surface area contributed by atoms with Crippen molar-refractivity contribution in [2.45, 2.75) is 45.8 Å². The minimum Gasteiger partial charge on any atom is -0.391 e. The lowest BCUT2D eigenvalue weighted by Crippen LogP contribution is -2.38. The number of anilines is 2. The monoisotopic (exact) mass is 331 g/mol. The maximum atomic E-state index is 9.80. The first-order chi connectivity index (χ1) is 11.6. The highest BCUT2D eigenvalue weighted by Gasteiger charge is 2.19. The van der Waals surface area contributed by atoms with E-state index >= 15 is 0 Å². The second kappa shape index (κ2) is 7.57. The summed E-state index contributed by atoms with van der Waals surface area (Å²) in [5.74, 6) is 3.24. The third kappa shape index (κ3) is 4.19. The molecular formula is C16H25N7O. The summed E-state index contributed by atoms with van der Waals surface area (Å²) in [4.78, 5) is 15.2. The predicted octanol–water partition coefficient (Wildman–Crippen LogP) is 1.15. The van der Waals surface area contributed by atoms with Crippen LogP contribution in [0.4, 0.5) is 11.8 Å². The Labute approximate surface area is 142 Å². The molecule has 0 radical (unpaired) electrons. The van der Waals surface area contributed by atoms with Crippen LogP contribution in [-0.2, 0) is 6.54 Å². The lowest BCUT2D eigenvalue weighted by atomic mass is 10.1. The van der Waals surface area contributed by atoms with Crippen molar-refractivity contribution in [3.8, 4) is 0 Å².